The summed E-state index contributed by atoms with van der Waals surface area (Å²) in [7, 11) is 0. The predicted molar refractivity (Wildman–Crippen MR) is 32.5 cm³/mol. The minimum absolute atomic E-state index is 0. The van der Waals surface area contributed by atoms with Gasteiger partial charge in [-0.2, -0.15) is 0 Å². The van der Waals surface area contributed by atoms with Gasteiger partial charge >= 0.3 is 1.43 Å². The van der Waals surface area contributed by atoms with Crippen LogP contribution in [0.4, 0.5) is 0 Å². The second-order valence-corrected chi connectivity index (χ2v) is 2.23. The van der Waals surface area contributed by atoms with Gasteiger partial charge in [0.15, 0.2) is 0 Å². The summed E-state index contributed by atoms with van der Waals surface area (Å²) in [6, 6.07) is 0. The van der Waals surface area contributed by atoms with Crippen molar-refractivity contribution < 1.29 is 6.16 Å². The van der Waals surface area contributed by atoms with Crippen molar-refractivity contribution in [3.8, 4) is 0 Å². The van der Waals surface area contributed by atoms with Crippen LogP contribution in [-0.4, -0.2) is 12.2 Å². The highest BCUT2D eigenvalue weighted by Crippen LogP contribution is 1.93. The van der Waals surface area contributed by atoms with Crippen LogP contribution in [0.3, 0.4) is 0 Å². The maximum Gasteiger partial charge on any atom is 1.00 e. The third-order valence-corrected chi connectivity index (χ3v) is 0.544. The summed E-state index contributed by atoms with van der Waals surface area (Å²) in [5.74, 6) is 0. The molecule has 0 radical (unpaired) electrons. The van der Waals surface area contributed by atoms with Crippen LogP contribution >= 0.6 is 0 Å². The molecule has 0 saturated carbocycles. The van der Waals surface area contributed by atoms with Gasteiger partial charge in [-0.3, -0.25) is 0 Å². The summed E-state index contributed by atoms with van der Waals surface area (Å²) >= 11 is 0. The van der Waals surface area contributed by atoms with E-state index in [4.69, 9.17) is 4.74 Å². The molecule has 0 N–H and O–H groups in total. The van der Waals surface area contributed by atoms with Crippen LogP contribution in [0.1, 0.15) is 29.1 Å². The average Bonchev–Trinajstić information content (AvgIpc) is 1.27. The summed E-state index contributed by atoms with van der Waals surface area (Å²) in [4.78, 5) is 0. The fourth-order valence-electron chi connectivity index (χ4n) is 0.544. The van der Waals surface area contributed by atoms with E-state index in [1.165, 1.54) is 0 Å². The molecule has 0 atom stereocenters. The molecule has 7 heavy (non-hydrogen) atoms. The second kappa shape index (κ2) is 3.03. The highest BCUT2D eigenvalue weighted by atomic mass is 16.5. The zero-order valence-electron chi connectivity index (χ0n) is 6.56. The first-order valence-corrected chi connectivity index (χ1v) is 2.78. The number of hydrogen-bond donors (Lipinski definition) is 0. The Morgan fingerprint density at radius 1 is 1.00 bits per heavy atom. The van der Waals surface area contributed by atoms with E-state index in [9.17, 15) is 0 Å². The van der Waals surface area contributed by atoms with Crippen LogP contribution in [0, 0.1) is 0 Å². The SMILES string of the molecule is CC(C)OC(C)C.[H+]. The molecule has 0 aliphatic carbocycles. The highest BCUT2D eigenvalue weighted by molar-refractivity contribution is 4.40. The molecule has 0 saturated heterocycles. The molecule has 0 rings (SSSR count). The normalized spacial score (nSPS) is 11.1. The molecule has 0 amide bonds. The maximum atomic E-state index is 5.25. The third kappa shape index (κ3) is 5.96. The zero-order valence-corrected chi connectivity index (χ0v) is 5.56. The van der Waals surface area contributed by atoms with Crippen LogP contribution in [0.2, 0.25) is 0 Å². The van der Waals surface area contributed by atoms with E-state index in [0.717, 1.165) is 0 Å². The van der Waals surface area contributed by atoms with Crippen molar-refractivity contribution in [3.63, 3.8) is 0 Å². The first-order valence-electron chi connectivity index (χ1n) is 2.78. The van der Waals surface area contributed by atoms with Gasteiger partial charge in [0.05, 0.1) is 12.2 Å². The van der Waals surface area contributed by atoms with E-state index >= 15 is 0 Å². The van der Waals surface area contributed by atoms with Gasteiger partial charge in [0.2, 0.25) is 0 Å². The van der Waals surface area contributed by atoms with Crippen LogP contribution in [0.15, 0.2) is 0 Å². The fourth-order valence-corrected chi connectivity index (χ4v) is 0.544. The molecule has 0 heterocycles. The Bertz CT molecular complexity index is 37.8. The van der Waals surface area contributed by atoms with Crippen molar-refractivity contribution in [2.45, 2.75) is 39.9 Å². The van der Waals surface area contributed by atoms with Crippen molar-refractivity contribution >= 4 is 0 Å². The lowest BCUT2D eigenvalue weighted by Gasteiger charge is -2.09. The zero-order chi connectivity index (χ0) is 5.86. The number of rotatable bonds is 2. The molecule has 0 bridgehead atoms. The van der Waals surface area contributed by atoms with Gasteiger partial charge in [-0.1, -0.05) is 0 Å². The van der Waals surface area contributed by atoms with E-state index in [0.29, 0.717) is 12.2 Å². The molecule has 0 aromatic heterocycles. The van der Waals surface area contributed by atoms with Crippen molar-refractivity contribution in [3.05, 3.63) is 0 Å². The molecule has 0 aromatic carbocycles. The van der Waals surface area contributed by atoms with Gasteiger partial charge in [-0.15, -0.1) is 0 Å². The van der Waals surface area contributed by atoms with Crippen molar-refractivity contribution in [2.24, 2.45) is 0 Å². The molecule has 0 aliphatic heterocycles. The highest BCUT2D eigenvalue weighted by Gasteiger charge is 1.94. The fraction of sp³-hybridized carbons (Fsp3) is 1.00. The Hall–Kier alpha value is -0.0400. The molecule has 44 valence electrons. The van der Waals surface area contributed by atoms with E-state index < -0.39 is 0 Å². The first kappa shape index (κ1) is 6.96. The molecular formula is C6H15O+. The van der Waals surface area contributed by atoms with Crippen molar-refractivity contribution in [1.82, 2.24) is 0 Å². The lowest BCUT2D eigenvalue weighted by molar-refractivity contribution is 0.0300. The average molecular weight is 103 g/mol. The predicted octanol–water partition coefficient (Wildman–Crippen LogP) is 1.93. The Balaban J connectivity index is 0. The van der Waals surface area contributed by atoms with E-state index in [-0.39, 0.29) is 1.43 Å². The molecule has 1 heteroatoms. The number of hydrogen-bond acceptors (Lipinski definition) is 1. The largest absolute Gasteiger partial charge is 1.00 e. The number of ether oxygens (including phenoxy) is 1. The van der Waals surface area contributed by atoms with E-state index in [2.05, 4.69) is 0 Å². The molecular weight excluding hydrogens is 88.1 g/mol. The summed E-state index contributed by atoms with van der Waals surface area (Å²) in [5.41, 5.74) is 0. The van der Waals surface area contributed by atoms with Gasteiger partial charge in [0.25, 0.3) is 0 Å². The van der Waals surface area contributed by atoms with Gasteiger partial charge in [-0.05, 0) is 27.7 Å². The minimum atomic E-state index is 0. The van der Waals surface area contributed by atoms with Crippen LogP contribution in [0.5, 0.6) is 0 Å². The molecule has 0 spiro atoms. The molecule has 0 unspecified atom stereocenters. The molecule has 0 aliphatic rings. The summed E-state index contributed by atoms with van der Waals surface area (Å²) in [6.45, 7) is 8.17. The van der Waals surface area contributed by atoms with Gasteiger partial charge in [0, 0.05) is 0 Å². The molecule has 0 fully saturated rings. The van der Waals surface area contributed by atoms with Crippen molar-refractivity contribution in [1.29, 1.82) is 0 Å². The van der Waals surface area contributed by atoms with Gasteiger partial charge < -0.3 is 4.74 Å². The lowest BCUT2D eigenvalue weighted by atomic mass is 10.4. The molecule has 0 aromatic rings. The summed E-state index contributed by atoms with van der Waals surface area (Å²) < 4.78 is 5.25. The topological polar surface area (TPSA) is 9.23 Å². The molecule has 1 nitrogen and oxygen atoms in total. The standard InChI is InChI=1S/C6H14O/c1-5(2)7-6(3)4/h5-6H,1-4H3/p+1. The Morgan fingerprint density at radius 3 is 1.29 bits per heavy atom. The third-order valence-electron chi connectivity index (χ3n) is 0.544. The van der Waals surface area contributed by atoms with Crippen molar-refractivity contribution in [2.75, 3.05) is 0 Å². The quantitative estimate of drug-likeness (QED) is 0.519. The monoisotopic (exact) mass is 103 g/mol. The first-order chi connectivity index (χ1) is 3.13. The van der Waals surface area contributed by atoms with Gasteiger partial charge in [-0.25, -0.2) is 0 Å². The Morgan fingerprint density at radius 2 is 1.29 bits per heavy atom. The Labute approximate surface area is 47.2 Å². The maximum absolute atomic E-state index is 5.25. The lowest BCUT2D eigenvalue weighted by Crippen LogP contribution is -2.09. The minimum Gasteiger partial charge on any atom is -0.376 e. The van der Waals surface area contributed by atoms with Crippen LogP contribution < -0.4 is 0 Å². The van der Waals surface area contributed by atoms with Crippen LogP contribution in [-0.2, 0) is 4.74 Å². The second-order valence-electron chi connectivity index (χ2n) is 2.23. The van der Waals surface area contributed by atoms with E-state index in [1.807, 2.05) is 27.7 Å². The smallest absolute Gasteiger partial charge is 0.376 e. The van der Waals surface area contributed by atoms with Crippen LogP contribution in [0.25, 0.3) is 0 Å². The summed E-state index contributed by atoms with van der Waals surface area (Å²) in [6.07, 6.45) is 0.750. The van der Waals surface area contributed by atoms with Gasteiger partial charge in [0.1, 0.15) is 0 Å². The summed E-state index contributed by atoms with van der Waals surface area (Å²) in [5, 5.41) is 0. The van der Waals surface area contributed by atoms with E-state index in [1.54, 1.807) is 0 Å². The Kier molecular flexibility index (Phi) is 3.01.